The summed E-state index contributed by atoms with van der Waals surface area (Å²) in [6, 6.07) is 11.3. The average Bonchev–Trinajstić information content (AvgIpc) is 3.17. The summed E-state index contributed by atoms with van der Waals surface area (Å²) in [5.41, 5.74) is 2.00. The van der Waals surface area contributed by atoms with Crippen LogP contribution in [0.2, 0.25) is 0 Å². The van der Waals surface area contributed by atoms with Crippen molar-refractivity contribution >= 4 is 23.8 Å². The van der Waals surface area contributed by atoms with E-state index in [9.17, 15) is 18.8 Å². The Kier molecular flexibility index (Phi) is 3.28. The van der Waals surface area contributed by atoms with Gasteiger partial charge < -0.3 is 0 Å². The first-order valence-corrected chi connectivity index (χ1v) is 8.62. The normalized spacial score (nSPS) is 27.8. The van der Waals surface area contributed by atoms with Gasteiger partial charge in [0, 0.05) is 5.56 Å². The van der Waals surface area contributed by atoms with Crippen LogP contribution in [0.15, 0.2) is 53.6 Å². The number of halogens is 1. The highest BCUT2D eigenvalue weighted by Crippen LogP contribution is 2.50. The lowest BCUT2D eigenvalue weighted by molar-refractivity contribution is -0.127. The molecular weight excluding hydrogens is 349 g/mol. The number of nitrogens with one attached hydrogen (secondary N) is 1. The van der Waals surface area contributed by atoms with Crippen molar-refractivity contribution in [2.24, 2.45) is 16.9 Å². The van der Waals surface area contributed by atoms with Crippen LogP contribution < -0.4 is 5.32 Å². The van der Waals surface area contributed by atoms with E-state index >= 15 is 0 Å². The van der Waals surface area contributed by atoms with Crippen LogP contribution in [0, 0.1) is 17.7 Å². The SMILES string of the molecule is O=C1NC(=O)[C@@H]2[C@@H]1[C@H](C(=O)c1ccc(F)cc1)N1N=Cc3ccccc3[C@@H]21. The Morgan fingerprint density at radius 1 is 1.00 bits per heavy atom. The number of imide groups is 1. The number of benzene rings is 2. The zero-order valence-corrected chi connectivity index (χ0v) is 14.0. The molecule has 2 amide bonds. The fourth-order valence-corrected chi connectivity index (χ4v) is 4.37. The highest BCUT2D eigenvalue weighted by molar-refractivity contribution is 6.12. The topological polar surface area (TPSA) is 78.8 Å². The van der Waals surface area contributed by atoms with Crippen LogP contribution >= 0.6 is 0 Å². The number of amides is 2. The van der Waals surface area contributed by atoms with E-state index in [0.29, 0.717) is 0 Å². The molecule has 134 valence electrons. The van der Waals surface area contributed by atoms with E-state index in [4.69, 9.17) is 0 Å². The third-order valence-electron chi connectivity index (χ3n) is 5.53. The quantitative estimate of drug-likeness (QED) is 0.650. The van der Waals surface area contributed by atoms with E-state index in [1.165, 1.54) is 24.3 Å². The lowest BCUT2D eigenvalue weighted by atomic mass is 9.83. The molecule has 0 saturated carbocycles. The Morgan fingerprint density at radius 3 is 2.48 bits per heavy atom. The lowest BCUT2D eigenvalue weighted by Crippen LogP contribution is -2.43. The fraction of sp³-hybridized carbons (Fsp3) is 0.200. The molecular formula is C20H14FN3O3. The number of ketones is 1. The van der Waals surface area contributed by atoms with E-state index in [1.54, 1.807) is 11.2 Å². The van der Waals surface area contributed by atoms with Crippen LogP contribution in [-0.4, -0.2) is 34.9 Å². The molecule has 7 heteroatoms. The van der Waals surface area contributed by atoms with Gasteiger partial charge in [0.15, 0.2) is 5.78 Å². The van der Waals surface area contributed by atoms with Crippen LogP contribution in [0.4, 0.5) is 4.39 Å². The van der Waals surface area contributed by atoms with Crippen LogP contribution in [0.3, 0.4) is 0 Å². The monoisotopic (exact) mass is 363 g/mol. The van der Waals surface area contributed by atoms with Gasteiger partial charge in [0.2, 0.25) is 11.8 Å². The van der Waals surface area contributed by atoms with Crippen LogP contribution in [0.1, 0.15) is 27.5 Å². The molecule has 0 spiro atoms. The van der Waals surface area contributed by atoms with Crippen molar-refractivity contribution in [3.05, 3.63) is 71.0 Å². The van der Waals surface area contributed by atoms with Crippen molar-refractivity contribution in [3.8, 4) is 0 Å². The van der Waals surface area contributed by atoms with Gasteiger partial charge in [-0.1, -0.05) is 24.3 Å². The molecule has 0 unspecified atom stereocenters. The number of hydrogen-bond donors (Lipinski definition) is 1. The number of hydrogen-bond acceptors (Lipinski definition) is 5. The molecule has 3 aliphatic heterocycles. The first kappa shape index (κ1) is 15.9. The molecule has 0 bridgehead atoms. The number of fused-ring (bicyclic) bond motifs is 5. The predicted molar refractivity (Wildman–Crippen MR) is 93.3 cm³/mol. The van der Waals surface area contributed by atoms with Gasteiger partial charge in [0.25, 0.3) is 0 Å². The van der Waals surface area contributed by atoms with Gasteiger partial charge in [0.05, 0.1) is 24.1 Å². The van der Waals surface area contributed by atoms with E-state index < -0.39 is 35.6 Å². The second-order valence-electron chi connectivity index (χ2n) is 6.92. The van der Waals surface area contributed by atoms with Crippen molar-refractivity contribution in [1.82, 2.24) is 10.3 Å². The molecule has 0 radical (unpaired) electrons. The number of rotatable bonds is 2. The van der Waals surface area contributed by atoms with Crippen molar-refractivity contribution < 1.29 is 18.8 Å². The maximum atomic E-state index is 13.2. The zero-order valence-electron chi connectivity index (χ0n) is 14.0. The van der Waals surface area contributed by atoms with Crippen molar-refractivity contribution in [2.75, 3.05) is 0 Å². The number of carbonyl (C=O) groups is 3. The molecule has 0 aromatic heterocycles. The second kappa shape index (κ2) is 5.57. The van der Waals surface area contributed by atoms with E-state index in [0.717, 1.165) is 11.1 Å². The second-order valence-corrected chi connectivity index (χ2v) is 6.92. The molecule has 5 rings (SSSR count). The number of nitrogens with zero attached hydrogens (tertiary/aromatic N) is 2. The average molecular weight is 363 g/mol. The summed E-state index contributed by atoms with van der Waals surface area (Å²) in [5.74, 6) is -3.18. The minimum absolute atomic E-state index is 0.280. The van der Waals surface area contributed by atoms with E-state index in [2.05, 4.69) is 10.4 Å². The number of hydrazone groups is 1. The van der Waals surface area contributed by atoms with Gasteiger partial charge in [-0.05, 0) is 35.4 Å². The largest absolute Gasteiger partial charge is 0.296 e. The molecule has 3 aliphatic rings. The van der Waals surface area contributed by atoms with Crippen molar-refractivity contribution in [3.63, 3.8) is 0 Å². The Balaban J connectivity index is 1.64. The summed E-state index contributed by atoms with van der Waals surface area (Å²) in [6.45, 7) is 0. The Labute approximate surface area is 153 Å². The van der Waals surface area contributed by atoms with Crippen molar-refractivity contribution in [2.45, 2.75) is 12.1 Å². The van der Waals surface area contributed by atoms with E-state index in [-0.39, 0.29) is 17.3 Å². The summed E-state index contributed by atoms with van der Waals surface area (Å²) < 4.78 is 13.2. The highest BCUT2D eigenvalue weighted by atomic mass is 19.1. The maximum Gasteiger partial charge on any atom is 0.233 e. The number of carbonyl (C=O) groups excluding carboxylic acids is 3. The third-order valence-corrected chi connectivity index (χ3v) is 5.53. The standard InChI is InChI=1S/C20H14FN3O3/c21-12-7-5-10(6-8-12)18(25)17-15-14(19(26)23-20(15)27)16-13-4-2-1-3-11(13)9-22-24(16)17/h1-9,14-17H,(H,23,26,27)/t14-,15-,16+,17-/m1/s1. The van der Waals surface area contributed by atoms with Gasteiger partial charge in [-0.15, -0.1) is 0 Å². The molecule has 0 aliphatic carbocycles. The molecule has 27 heavy (non-hydrogen) atoms. The highest BCUT2D eigenvalue weighted by Gasteiger charge is 2.62. The Bertz CT molecular complexity index is 1020. The van der Waals surface area contributed by atoms with Crippen LogP contribution in [0.25, 0.3) is 0 Å². The molecule has 1 N–H and O–H groups in total. The van der Waals surface area contributed by atoms with Crippen LogP contribution in [-0.2, 0) is 9.59 Å². The number of Topliss-reactive ketones (excluding diaryl/α,β-unsaturated/α-hetero) is 1. The first-order valence-electron chi connectivity index (χ1n) is 8.62. The lowest BCUT2D eigenvalue weighted by Gasteiger charge is -2.32. The summed E-state index contributed by atoms with van der Waals surface area (Å²) >= 11 is 0. The summed E-state index contributed by atoms with van der Waals surface area (Å²) in [6.07, 6.45) is 1.64. The minimum atomic E-state index is -0.915. The molecule has 6 nitrogen and oxygen atoms in total. The van der Waals surface area contributed by atoms with Gasteiger partial charge >= 0.3 is 0 Å². The molecule has 3 heterocycles. The summed E-state index contributed by atoms with van der Waals surface area (Å²) in [7, 11) is 0. The van der Waals surface area contributed by atoms with Gasteiger partial charge in [-0.25, -0.2) is 4.39 Å². The van der Waals surface area contributed by atoms with Gasteiger partial charge in [-0.3, -0.25) is 24.7 Å². The van der Waals surface area contributed by atoms with E-state index in [1.807, 2.05) is 24.3 Å². The van der Waals surface area contributed by atoms with Crippen LogP contribution in [0.5, 0.6) is 0 Å². The first-order chi connectivity index (χ1) is 13.1. The van der Waals surface area contributed by atoms with Gasteiger partial charge in [0.1, 0.15) is 11.9 Å². The summed E-state index contributed by atoms with van der Waals surface area (Å²) in [4.78, 5) is 38.2. The maximum absolute atomic E-state index is 13.2. The molecule has 4 atom stereocenters. The predicted octanol–water partition coefficient (Wildman–Crippen LogP) is 1.67. The molecule has 2 aromatic rings. The zero-order chi connectivity index (χ0) is 18.7. The van der Waals surface area contributed by atoms with Gasteiger partial charge in [-0.2, -0.15) is 5.10 Å². The third kappa shape index (κ3) is 2.17. The Hall–Kier alpha value is -3.35. The molecule has 2 fully saturated rings. The summed E-state index contributed by atoms with van der Waals surface area (Å²) in [5, 5.41) is 8.34. The Morgan fingerprint density at radius 2 is 1.70 bits per heavy atom. The molecule has 2 aromatic carbocycles. The minimum Gasteiger partial charge on any atom is -0.296 e. The smallest absolute Gasteiger partial charge is 0.233 e. The van der Waals surface area contributed by atoms with Crippen molar-refractivity contribution in [1.29, 1.82) is 0 Å². The fourth-order valence-electron chi connectivity index (χ4n) is 4.37. The molecule has 2 saturated heterocycles.